The zero-order chi connectivity index (χ0) is 29.7. The Labute approximate surface area is 245 Å². The molecule has 218 valence electrons. The quantitative estimate of drug-likeness (QED) is 0.191. The molecule has 0 saturated heterocycles. The first-order chi connectivity index (χ1) is 20.5. The molecule has 0 bridgehead atoms. The van der Waals surface area contributed by atoms with Gasteiger partial charge in [0.25, 0.3) is 0 Å². The number of nitrogens with one attached hydrogen (secondary N) is 3. The van der Waals surface area contributed by atoms with Gasteiger partial charge in [-0.15, -0.1) is 0 Å². The molecule has 4 rings (SSSR count). The highest BCUT2D eigenvalue weighted by atomic mass is 16.5. The van der Waals surface area contributed by atoms with Gasteiger partial charge in [0.05, 0.1) is 25.1 Å². The lowest BCUT2D eigenvalue weighted by molar-refractivity contribution is -0.118. The summed E-state index contributed by atoms with van der Waals surface area (Å²) in [6, 6.07) is 21.4. The summed E-state index contributed by atoms with van der Waals surface area (Å²) >= 11 is 0. The fourth-order valence-electron chi connectivity index (χ4n) is 4.76. The Kier molecular flexibility index (Phi) is 11.1. The van der Waals surface area contributed by atoms with Crippen LogP contribution in [0.1, 0.15) is 40.4 Å². The van der Waals surface area contributed by atoms with Gasteiger partial charge >= 0.3 is 6.09 Å². The first-order valence-corrected chi connectivity index (χ1v) is 13.8. The molecule has 0 aliphatic carbocycles. The predicted octanol–water partition coefficient (Wildman–Crippen LogP) is 3.76. The summed E-state index contributed by atoms with van der Waals surface area (Å²) in [4.78, 5) is 39.2. The van der Waals surface area contributed by atoms with Crippen molar-refractivity contribution >= 4 is 17.7 Å². The van der Waals surface area contributed by atoms with E-state index in [1.165, 1.54) is 13.4 Å². The maximum Gasteiger partial charge on any atom is 0.407 e. The van der Waals surface area contributed by atoms with Gasteiger partial charge < -0.3 is 25.8 Å². The highest BCUT2D eigenvalue weighted by Crippen LogP contribution is 2.29. The summed E-state index contributed by atoms with van der Waals surface area (Å²) in [5, 5.41) is 19.1. The van der Waals surface area contributed by atoms with Crippen molar-refractivity contribution in [1.29, 1.82) is 0 Å². The van der Waals surface area contributed by atoms with Crippen molar-refractivity contribution in [2.45, 2.75) is 44.3 Å². The number of rotatable bonds is 13. The van der Waals surface area contributed by atoms with Gasteiger partial charge in [-0.1, -0.05) is 60.7 Å². The molecule has 2 amide bonds. The number of methoxy groups -OCH3 is 1. The number of ether oxygens (including phenoxy) is 1. The van der Waals surface area contributed by atoms with E-state index in [1.54, 1.807) is 24.5 Å². The highest BCUT2D eigenvalue weighted by molar-refractivity contribution is 5.98. The van der Waals surface area contributed by atoms with E-state index < -0.39 is 24.0 Å². The topological polar surface area (TPSA) is 138 Å². The van der Waals surface area contributed by atoms with Gasteiger partial charge in [0.2, 0.25) is 5.91 Å². The number of amides is 2. The fraction of sp³-hybridized carbons (Fsp3) is 0.281. The maximum absolute atomic E-state index is 13.9. The molecule has 0 unspecified atom stereocenters. The Balaban J connectivity index is 1.53. The van der Waals surface area contributed by atoms with Crippen molar-refractivity contribution in [2.75, 3.05) is 19.0 Å². The minimum absolute atomic E-state index is 0.0672. The number of carbonyl (C=O) groups is 2. The Bertz CT molecular complexity index is 1400. The third-order valence-corrected chi connectivity index (χ3v) is 7.08. The van der Waals surface area contributed by atoms with Crippen LogP contribution in [0, 0.1) is 6.92 Å². The summed E-state index contributed by atoms with van der Waals surface area (Å²) in [6.07, 6.45) is 5.28. The SMILES string of the molecule is COC(=O)N[C@H](C(=O)Nc1cccnc1CC[C@@H](CO)NCc1cncnc1C)C(c1ccccc1)c1ccccc1. The standard InChI is InChI=1S/C32H36N6O4/c1-22-25(18-33-21-36-22)19-35-26(20-39)15-16-27-28(14-9-17-34-27)37-31(40)30(38-32(41)42-2)29(23-10-5-3-6-11-23)24-12-7-4-8-13-24/h3-14,17-18,21,26,29-30,35,39H,15-16,19-20H2,1-2H3,(H,37,40)(H,38,41)/t26-,30-/m0/s1. The second kappa shape index (κ2) is 15.4. The normalized spacial score (nSPS) is 12.4. The predicted molar refractivity (Wildman–Crippen MR) is 160 cm³/mol. The largest absolute Gasteiger partial charge is 0.453 e. The van der Waals surface area contributed by atoms with Crippen LogP contribution in [0.5, 0.6) is 0 Å². The van der Waals surface area contributed by atoms with Crippen molar-refractivity contribution in [2.24, 2.45) is 0 Å². The summed E-state index contributed by atoms with van der Waals surface area (Å²) in [7, 11) is 1.27. The summed E-state index contributed by atoms with van der Waals surface area (Å²) in [6.45, 7) is 2.37. The molecule has 2 aromatic carbocycles. The van der Waals surface area contributed by atoms with Crippen LogP contribution in [-0.4, -0.2) is 57.9 Å². The molecular formula is C32H36N6O4. The number of benzene rings is 2. The van der Waals surface area contributed by atoms with Crippen LogP contribution in [0.25, 0.3) is 0 Å². The minimum atomic E-state index is -0.988. The summed E-state index contributed by atoms with van der Waals surface area (Å²) in [5.74, 6) is -0.899. The van der Waals surface area contributed by atoms with Crippen molar-refractivity contribution in [3.63, 3.8) is 0 Å². The van der Waals surface area contributed by atoms with Gasteiger partial charge in [-0.3, -0.25) is 9.78 Å². The molecule has 0 aliphatic rings. The number of nitrogens with zero attached hydrogens (tertiary/aromatic N) is 3. The van der Waals surface area contributed by atoms with Crippen molar-refractivity contribution in [1.82, 2.24) is 25.6 Å². The Morgan fingerprint density at radius 3 is 2.26 bits per heavy atom. The first kappa shape index (κ1) is 30.3. The molecule has 4 aromatic rings. The van der Waals surface area contributed by atoms with E-state index in [0.29, 0.717) is 30.8 Å². The molecule has 4 N–H and O–H groups in total. The molecule has 10 nitrogen and oxygen atoms in total. The maximum atomic E-state index is 13.9. The molecule has 2 aromatic heterocycles. The number of hydrogen-bond acceptors (Lipinski definition) is 8. The monoisotopic (exact) mass is 568 g/mol. The fourth-order valence-corrected chi connectivity index (χ4v) is 4.76. The summed E-state index contributed by atoms with van der Waals surface area (Å²) < 4.78 is 4.89. The number of aromatic nitrogens is 3. The van der Waals surface area contributed by atoms with E-state index in [9.17, 15) is 14.7 Å². The number of carbonyl (C=O) groups excluding carboxylic acids is 2. The molecule has 0 fully saturated rings. The number of hydrogen-bond donors (Lipinski definition) is 4. The zero-order valence-electron chi connectivity index (χ0n) is 23.7. The number of aliphatic hydroxyl groups excluding tert-OH is 1. The zero-order valence-corrected chi connectivity index (χ0v) is 23.7. The second-order valence-corrected chi connectivity index (χ2v) is 9.83. The van der Waals surface area contributed by atoms with Crippen LogP contribution in [-0.2, 0) is 22.5 Å². The average Bonchev–Trinajstić information content (AvgIpc) is 3.03. The molecule has 0 spiro atoms. The molecule has 0 saturated carbocycles. The van der Waals surface area contributed by atoms with Crippen LogP contribution in [0.3, 0.4) is 0 Å². The Morgan fingerprint density at radius 1 is 0.952 bits per heavy atom. The van der Waals surface area contributed by atoms with Crippen LogP contribution in [0.15, 0.2) is 91.5 Å². The van der Waals surface area contributed by atoms with Gasteiger partial charge in [0, 0.05) is 42.2 Å². The van der Waals surface area contributed by atoms with Crippen molar-refractivity contribution in [3.05, 3.63) is 120 Å². The minimum Gasteiger partial charge on any atom is -0.453 e. The van der Waals surface area contributed by atoms with Crippen LogP contribution in [0.2, 0.25) is 0 Å². The third-order valence-electron chi connectivity index (χ3n) is 7.08. The van der Waals surface area contributed by atoms with Crippen LogP contribution < -0.4 is 16.0 Å². The lowest BCUT2D eigenvalue weighted by atomic mass is 9.84. The van der Waals surface area contributed by atoms with E-state index in [0.717, 1.165) is 22.4 Å². The van der Waals surface area contributed by atoms with E-state index >= 15 is 0 Å². The van der Waals surface area contributed by atoms with E-state index in [2.05, 4.69) is 30.9 Å². The molecule has 42 heavy (non-hydrogen) atoms. The number of anilines is 1. The van der Waals surface area contributed by atoms with Gasteiger partial charge in [-0.05, 0) is 43.0 Å². The highest BCUT2D eigenvalue weighted by Gasteiger charge is 2.33. The van der Waals surface area contributed by atoms with Crippen LogP contribution in [0.4, 0.5) is 10.5 Å². The van der Waals surface area contributed by atoms with Gasteiger partial charge in [-0.2, -0.15) is 0 Å². The molecular weight excluding hydrogens is 532 g/mol. The lowest BCUT2D eigenvalue weighted by Crippen LogP contribution is -2.48. The van der Waals surface area contributed by atoms with Gasteiger partial charge in [-0.25, -0.2) is 14.8 Å². The van der Waals surface area contributed by atoms with Gasteiger partial charge in [0.1, 0.15) is 12.4 Å². The second-order valence-electron chi connectivity index (χ2n) is 9.83. The molecule has 0 aliphatic heterocycles. The van der Waals surface area contributed by atoms with E-state index in [1.807, 2.05) is 67.6 Å². The first-order valence-electron chi connectivity index (χ1n) is 13.8. The number of alkyl carbamates (subject to hydrolysis) is 1. The van der Waals surface area contributed by atoms with Gasteiger partial charge in [0.15, 0.2) is 0 Å². The molecule has 10 heteroatoms. The Morgan fingerprint density at radius 2 is 1.64 bits per heavy atom. The molecule has 0 radical (unpaired) electrons. The molecule has 2 atom stereocenters. The number of pyridine rings is 1. The smallest absolute Gasteiger partial charge is 0.407 e. The van der Waals surface area contributed by atoms with Crippen LogP contribution >= 0.6 is 0 Å². The number of aliphatic hydroxyl groups is 1. The van der Waals surface area contributed by atoms with E-state index in [-0.39, 0.29) is 12.6 Å². The van der Waals surface area contributed by atoms with Crippen molar-refractivity contribution in [3.8, 4) is 0 Å². The number of aryl methyl sites for hydroxylation is 2. The van der Waals surface area contributed by atoms with Crippen molar-refractivity contribution < 1.29 is 19.4 Å². The third kappa shape index (κ3) is 8.18. The summed E-state index contributed by atoms with van der Waals surface area (Å²) in [5.41, 5.74) is 4.76. The lowest BCUT2D eigenvalue weighted by Gasteiger charge is -2.28. The van der Waals surface area contributed by atoms with E-state index in [4.69, 9.17) is 4.74 Å². The Hall–Kier alpha value is -4.67. The average molecular weight is 569 g/mol. The molecule has 2 heterocycles.